The maximum atomic E-state index is 13.2. The molecule has 1 rings (SSSR count). The molecule has 0 amide bonds. The van der Waals surface area contributed by atoms with E-state index in [0.717, 1.165) is 0 Å². The highest BCUT2D eigenvalue weighted by atomic mass is 35.5. The van der Waals surface area contributed by atoms with E-state index in [0.29, 0.717) is 12.1 Å². The van der Waals surface area contributed by atoms with Crippen molar-refractivity contribution in [1.29, 1.82) is 0 Å². The van der Waals surface area contributed by atoms with Crippen LogP contribution in [0.1, 0.15) is 18.1 Å². The van der Waals surface area contributed by atoms with Gasteiger partial charge in [0.2, 0.25) is 0 Å². The van der Waals surface area contributed by atoms with E-state index >= 15 is 0 Å². The fourth-order valence-corrected chi connectivity index (χ4v) is 1.47. The first-order valence-corrected chi connectivity index (χ1v) is 5.07. The van der Waals surface area contributed by atoms with Gasteiger partial charge in [0, 0.05) is 17.5 Å². The van der Waals surface area contributed by atoms with Gasteiger partial charge < -0.3 is 10.2 Å². The normalized spacial score (nSPS) is 14.9. The first-order valence-electron chi connectivity index (χ1n) is 4.54. The van der Waals surface area contributed by atoms with Crippen molar-refractivity contribution in [3.8, 4) is 0 Å². The Morgan fingerprint density at radius 1 is 1.06 bits per heavy atom. The molecule has 0 aliphatic carbocycles. The third-order valence-corrected chi connectivity index (χ3v) is 2.35. The highest BCUT2D eigenvalue weighted by Crippen LogP contribution is 2.24. The van der Waals surface area contributed by atoms with E-state index in [-0.39, 0.29) is 12.3 Å². The van der Waals surface area contributed by atoms with E-state index in [1.165, 1.54) is 0 Å². The van der Waals surface area contributed by atoms with Crippen LogP contribution in [0.2, 0.25) is 0 Å². The monoisotopic (exact) mass is 254 g/mol. The molecule has 16 heavy (non-hydrogen) atoms. The lowest BCUT2D eigenvalue weighted by Crippen LogP contribution is -2.20. The maximum absolute atomic E-state index is 13.2. The SMILES string of the molecule is OC(CCCl)C(O)c1cc(F)c(F)cc1F. The van der Waals surface area contributed by atoms with Crippen molar-refractivity contribution in [1.82, 2.24) is 0 Å². The highest BCUT2D eigenvalue weighted by Gasteiger charge is 2.23. The van der Waals surface area contributed by atoms with Gasteiger partial charge >= 0.3 is 0 Å². The van der Waals surface area contributed by atoms with Crippen LogP contribution in [0.4, 0.5) is 13.2 Å². The summed E-state index contributed by atoms with van der Waals surface area (Å²) < 4.78 is 38.6. The van der Waals surface area contributed by atoms with E-state index in [1.807, 2.05) is 0 Å². The summed E-state index contributed by atoms with van der Waals surface area (Å²) in [6.45, 7) is 0. The Morgan fingerprint density at radius 2 is 1.62 bits per heavy atom. The molecule has 0 heterocycles. The fourth-order valence-electron chi connectivity index (χ4n) is 1.24. The maximum Gasteiger partial charge on any atom is 0.161 e. The Bertz CT molecular complexity index is 373. The zero-order chi connectivity index (χ0) is 12.3. The molecule has 90 valence electrons. The second-order valence-electron chi connectivity index (χ2n) is 3.28. The molecule has 0 radical (unpaired) electrons. The molecular weight excluding hydrogens is 245 g/mol. The Hall–Kier alpha value is -0.780. The van der Waals surface area contributed by atoms with Crippen LogP contribution >= 0.6 is 11.6 Å². The number of halogens is 4. The largest absolute Gasteiger partial charge is 0.390 e. The molecule has 0 spiro atoms. The number of benzene rings is 1. The van der Waals surface area contributed by atoms with Crippen LogP contribution in [0.5, 0.6) is 0 Å². The Labute approximate surface area is 95.3 Å². The molecule has 0 aliphatic rings. The van der Waals surface area contributed by atoms with Gasteiger partial charge in [-0.1, -0.05) is 0 Å². The summed E-state index contributed by atoms with van der Waals surface area (Å²) in [7, 11) is 0. The smallest absolute Gasteiger partial charge is 0.161 e. The molecule has 0 bridgehead atoms. The molecule has 2 nitrogen and oxygen atoms in total. The number of hydrogen-bond acceptors (Lipinski definition) is 2. The number of aliphatic hydroxyl groups excluding tert-OH is 2. The summed E-state index contributed by atoms with van der Waals surface area (Å²) in [6, 6.07) is 0.841. The molecule has 0 saturated carbocycles. The minimum Gasteiger partial charge on any atom is -0.390 e. The van der Waals surface area contributed by atoms with Crippen molar-refractivity contribution in [3.63, 3.8) is 0 Å². The summed E-state index contributed by atoms with van der Waals surface area (Å²) in [6.07, 6.45) is -2.94. The van der Waals surface area contributed by atoms with Crippen molar-refractivity contribution in [2.75, 3.05) is 5.88 Å². The zero-order valence-corrected chi connectivity index (χ0v) is 8.89. The Morgan fingerprint density at radius 3 is 2.19 bits per heavy atom. The van der Waals surface area contributed by atoms with Gasteiger partial charge in [-0.3, -0.25) is 0 Å². The first-order chi connectivity index (χ1) is 7.47. The van der Waals surface area contributed by atoms with Gasteiger partial charge in [-0.15, -0.1) is 11.6 Å². The summed E-state index contributed by atoms with van der Waals surface area (Å²) >= 11 is 5.33. The average molecular weight is 255 g/mol. The number of hydrogen-bond donors (Lipinski definition) is 2. The topological polar surface area (TPSA) is 40.5 Å². The van der Waals surface area contributed by atoms with Gasteiger partial charge in [0.05, 0.1) is 6.10 Å². The minimum atomic E-state index is -1.63. The van der Waals surface area contributed by atoms with Crippen LogP contribution in [0.25, 0.3) is 0 Å². The molecule has 0 fully saturated rings. The van der Waals surface area contributed by atoms with Gasteiger partial charge in [0.1, 0.15) is 11.9 Å². The summed E-state index contributed by atoms with van der Waals surface area (Å²) in [4.78, 5) is 0. The lowest BCUT2D eigenvalue weighted by atomic mass is 10.0. The van der Waals surface area contributed by atoms with E-state index in [2.05, 4.69) is 0 Å². The molecule has 1 aromatic rings. The lowest BCUT2D eigenvalue weighted by molar-refractivity contribution is 0.0146. The predicted molar refractivity (Wildman–Crippen MR) is 52.6 cm³/mol. The number of alkyl halides is 1. The fraction of sp³-hybridized carbons (Fsp3) is 0.400. The predicted octanol–water partition coefficient (Wildman–Crippen LogP) is 2.13. The quantitative estimate of drug-likeness (QED) is 0.638. The average Bonchev–Trinajstić information content (AvgIpc) is 2.23. The van der Waals surface area contributed by atoms with Crippen LogP contribution in [-0.2, 0) is 0 Å². The van der Waals surface area contributed by atoms with Crippen LogP contribution in [0, 0.1) is 17.5 Å². The molecule has 2 N–H and O–H groups in total. The second-order valence-corrected chi connectivity index (χ2v) is 3.66. The molecular formula is C10H10ClF3O2. The van der Waals surface area contributed by atoms with Crippen molar-refractivity contribution >= 4 is 11.6 Å². The van der Waals surface area contributed by atoms with Gasteiger partial charge in [0.25, 0.3) is 0 Å². The minimum absolute atomic E-state index is 0.0150. The second kappa shape index (κ2) is 5.52. The Balaban J connectivity index is 2.99. The lowest BCUT2D eigenvalue weighted by Gasteiger charge is -2.17. The molecule has 2 unspecified atom stereocenters. The van der Waals surface area contributed by atoms with Gasteiger partial charge in [0.15, 0.2) is 11.6 Å². The van der Waals surface area contributed by atoms with Crippen LogP contribution < -0.4 is 0 Å². The molecule has 1 aromatic carbocycles. The van der Waals surface area contributed by atoms with Gasteiger partial charge in [-0.2, -0.15) is 0 Å². The third-order valence-electron chi connectivity index (χ3n) is 2.13. The summed E-state index contributed by atoms with van der Waals surface area (Å²) in [5.41, 5.74) is -0.489. The van der Waals surface area contributed by atoms with Crippen LogP contribution in [0.3, 0.4) is 0 Å². The van der Waals surface area contributed by atoms with Crippen LogP contribution in [-0.4, -0.2) is 22.2 Å². The standard InChI is InChI=1S/C10H10ClF3O2/c11-2-1-9(15)10(16)5-3-7(13)8(14)4-6(5)12/h3-4,9-10,15-16H,1-2H2. The third kappa shape index (κ3) is 2.87. The van der Waals surface area contributed by atoms with E-state index in [9.17, 15) is 23.4 Å². The van der Waals surface area contributed by atoms with Crippen LogP contribution in [0.15, 0.2) is 12.1 Å². The van der Waals surface area contributed by atoms with Gasteiger partial charge in [-0.05, 0) is 12.5 Å². The zero-order valence-electron chi connectivity index (χ0n) is 8.13. The highest BCUT2D eigenvalue weighted by molar-refractivity contribution is 6.17. The van der Waals surface area contributed by atoms with Crippen molar-refractivity contribution in [3.05, 3.63) is 35.1 Å². The first kappa shape index (κ1) is 13.3. The summed E-state index contributed by atoms with van der Waals surface area (Å²) in [5, 5.41) is 18.8. The van der Waals surface area contributed by atoms with E-state index in [4.69, 9.17) is 11.6 Å². The molecule has 6 heteroatoms. The Kier molecular flexibility index (Phi) is 4.58. The molecule has 2 atom stereocenters. The van der Waals surface area contributed by atoms with E-state index < -0.39 is 35.2 Å². The number of aliphatic hydroxyl groups is 2. The van der Waals surface area contributed by atoms with Crippen molar-refractivity contribution in [2.24, 2.45) is 0 Å². The molecule has 0 saturated heterocycles. The van der Waals surface area contributed by atoms with Gasteiger partial charge in [-0.25, -0.2) is 13.2 Å². The van der Waals surface area contributed by atoms with Crippen molar-refractivity contribution < 1.29 is 23.4 Å². The summed E-state index contributed by atoms with van der Waals surface area (Å²) in [5.74, 6) is -3.68. The molecule has 0 aliphatic heterocycles. The van der Waals surface area contributed by atoms with Crippen molar-refractivity contribution in [2.45, 2.75) is 18.6 Å². The number of rotatable bonds is 4. The molecule has 0 aromatic heterocycles. The van der Waals surface area contributed by atoms with E-state index in [1.54, 1.807) is 0 Å².